The molecule has 0 saturated heterocycles. The van der Waals surface area contributed by atoms with Crippen molar-refractivity contribution < 1.29 is 14.3 Å². The molecule has 1 unspecified atom stereocenters. The van der Waals surface area contributed by atoms with Gasteiger partial charge in [-0.3, -0.25) is 25.1 Å². The predicted molar refractivity (Wildman–Crippen MR) is 102 cm³/mol. The lowest BCUT2D eigenvalue weighted by Gasteiger charge is -2.15. The summed E-state index contributed by atoms with van der Waals surface area (Å²) in [5.74, 6) is -0.0951. The van der Waals surface area contributed by atoms with Gasteiger partial charge in [0.05, 0.1) is 6.20 Å². The van der Waals surface area contributed by atoms with Crippen molar-refractivity contribution in [3.8, 4) is 5.75 Å². The van der Waals surface area contributed by atoms with E-state index in [0.717, 1.165) is 16.3 Å². The Hall–Kier alpha value is -3.35. The number of aromatic nitrogens is 2. The summed E-state index contributed by atoms with van der Waals surface area (Å²) < 4.78 is 7.36. The van der Waals surface area contributed by atoms with E-state index in [9.17, 15) is 9.59 Å². The van der Waals surface area contributed by atoms with Gasteiger partial charge < -0.3 is 4.74 Å². The van der Waals surface area contributed by atoms with Gasteiger partial charge in [-0.1, -0.05) is 30.3 Å². The lowest BCUT2D eigenvalue weighted by Crippen LogP contribution is -2.47. The number of ether oxygens (including phenoxy) is 1. The molecule has 0 spiro atoms. The van der Waals surface area contributed by atoms with Crippen molar-refractivity contribution in [1.29, 1.82) is 0 Å². The van der Waals surface area contributed by atoms with Gasteiger partial charge in [0.25, 0.3) is 5.91 Å². The molecule has 140 valence electrons. The molecule has 1 heterocycles. The highest BCUT2D eigenvalue weighted by atomic mass is 16.5. The molecule has 0 aliphatic heterocycles. The molecular formula is C20H22N4O3. The van der Waals surface area contributed by atoms with E-state index < -0.39 is 12.0 Å². The highest BCUT2D eigenvalue weighted by Gasteiger charge is 2.15. The number of fused-ring (bicyclic) bond motifs is 1. The van der Waals surface area contributed by atoms with Crippen molar-refractivity contribution in [3.05, 3.63) is 60.4 Å². The highest BCUT2D eigenvalue weighted by Crippen LogP contribution is 2.21. The van der Waals surface area contributed by atoms with Crippen LogP contribution in [0, 0.1) is 0 Å². The summed E-state index contributed by atoms with van der Waals surface area (Å²) in [6, 6.07) is 13.5. The van der Waals surface area contributed by atoms with E-state index in [1.54, 1.807) is 17.8 Å². The molecule has 3 rings (SSSR count). The zero-order valence-electron chi connectivity index (χ0n) is 15.3. The summed E-state index contributed by atoms with van der Waals surface area (Å²) in [7, 11) is 1.82. The Morgan fingerprint density at radius 2 is 1.93 bits per heavy atom. The predicted octanol–water partition coefficient (Wildman–Crippen LogP) is 2.12. The van der Waals surface area contributed by atoms with Crippen LogP contribution in [-0.4, -0.2) is 27.7 Å². The number of nitrogens with zero attached hydrogens (tertiary/aromatic N) is 2. The van der Waals surface area contributed by atoms with Crippen LogP contribution in [0.2, 0.25) is 0 Å². The highest BCUT2D eigenvalue weighted by molar-refractivity contribution is 5.85. The Bertz CT molecular complexity index is 951. The molecule has 2 N–H and O–H groups in total. The Morgan fingerprint density at radius 3 is 2.67 bits per heavy atom. The fourth-order valence-electron chi connectivity index (χ4n) is 2.65. The van der Waals surface area contributed by atoms with Gasteiger partial charge in [-0.2, -0.15) is 5.10 Å². The van der Waals surface area contributed by atoms with E-state index >= 15 is 0 Å². The van der Waals surface area contributed by atoms with E-state index in [1.807, 2.05) is 55.7 Å². The zero-order valence-corrected chi connectivity index (χ0v) is 15.3. The Morgan fingerprint density at radius 1 is 1.15 bits per heavy atom. The molecule has 2 aromatic carbocycles. The number of nitrogens with one attached hydrogen (secondary N) is 2. The average Bonchev–Trinajstić information content (AvgIpc) is 3.09. The van der Waals surface area contributed by atoms with Crippen LogP contribution in [0.15, 0.2) is 54.9 Å². The Kier molecular flexibility index (Phi) is 5.71. The van der Waals surface area contributed by atoms with E-state index in [-0.39, 0.29) is 12.3 Å². The van der Waals surface area contributed by atoms with Crippen molar-refractivity contribution in [1.82, 2.24) is 20.6 Å². The molecule has 0 aliphatic carbocycles. The summed E-state index contributed by atoms with van der Waals surface area (Å²) in [5.41, 5.74) is 5.77. The number of aryl methyl sites for hydroxylation is 2. The first-order valence-corrected chi connectivity index (χ1v) is 8.73. The molecule has 7 nitrogen and oxygen atoms in total. The maximum atomic E-state index is 12.1. The van der Waals surface area contributed by atoms with Gasteiger partial charge in [-0.25, -0.2) is 0 Å². The Labute approximate surface area is 157 Å². The van der Waals surface area contributed by atoms with Crippen molar-refractivity contribution >= 4 is 22.6 Å². The third kappa shape index (κ3) is 5.07. The number of hydrogen-bond donors (Lipinski definition) is 2. The summed E-state index contributed by atoms with van der Waals surface area (Å²) in [6.45, 7) is 1.63. The van der Waals surface area contributed by atoms with Crippen LogP contribution < -0.4 is 15.6 Å². The minimum atomic E-state index is -0.746. The van der Waals surface area contributed by atoms with E-state index in [2.05, 4.69) is 16.0 Å². The standard InChI is InChI=1S/C20H22N4O3/c1-14(27-18-9-8-16-5-3-4-6-17(16)11-18)20(26)23-22-19(25)10-7-15-12-21-24(2)13-15/h3-6,8-9,11-14H,7,10H2,1-2H3,(H,22,25)(H,23,26). The third-order valence-electron chi connectivity index (χ3n) is 4.13. The monoisotopic (exact) mass is 366 g/mol. The quantitative estimate of drug-likeness (QED) is 0.655. The van der Waals surface area contributed by atoms with Crippen LogP contribution in [0.1, 0.15) is 18.9 Å². The molecule has 7 heteroatoms. The molecule has 0 saturated carbocycles. The minimum Gasteiger partial charge on any atom is -0.481 e. The van der Waals surface area contributed by atoms with Crippen LogP contribution in [0.25, 0.3) is 10.8 Å². The summed E-state index contributed by atoms with van der Waals surface area (Å²) >= 11 is 0. The molecule has 3 aromatic rings. The second-order valence-electron chi connectivity index (χ2n) is 6.33. The smallest absolute Gasteiger partial charge is 0.279 e. The fourth-order valence-corrected chi connectivity index (χ4v) is 2.65. The van der Waals surface area contributed by atoms with Crippen LogP contribution >= 0.6 is 0 Å². The van der Waals surface area contributed by atoms with Crippen LogP contribution in [-0.2, 0) is 23.1 Å². The van der Waals surface area contributed by atoms with E-state index in [1.165, 1.54) is 0 Å². The number of carbonyl (C=O) groups excluding carboxylic acids is 2. The van der Waals surface area contributed by atoms with Crippen LogP contribution in [0.4, 0.5) is 0 Å². The second kappa shape index (κ2) is 8.35. The van der Waals surface area contributed by atoms with E-state index in [4.69, 9.17) is 4.74 Å². The average molecular weight is 366 g/mol. The van der Waals surface area contributed by atoms with Gasteiger partial charge in [0, 0.05) is 19.7 Å². The topological polar surface area (TPSA) is 85.2 Å². The summed E-state index contributed by atoms with van der Waals surface area (Å²) in [5, 5.41) is 6.18. The van der Waals surface area contributed by atoms with Crippen molar-refractivity contribution in [3.63, 3.8) is 0 Å². The van der Waals surface area contributed by atoms with Gasteiger partial charge in [-0.15, -0.1) is 0 Å². The van der Waals surface area contributed by atoms with Gasteiger partial charge in [0.1, 0.15) is 5.75 Å². The van der Waals surface area contributed by atoms with Gasteiger partial charge in [-0.05, 0) is 41.8 Å². The minimum absolute atomic E-state index is 0.256. The SMILES string of the molecule is CC(Oc1ccc2ccccc2c1)C(=O)NNC(=O)CCc1cnn(C)c1. The number of amides is 2. The first-order chi connectivity index (χ1) is 13.0. The van der Waals surface area contributed by atoms with Crippen LogP contribution in [0.5, 0.6) is 5.75 Å². The molecule has 0 aliphatic rings. The lowest BCUT2D eigenvalue weighted by molar-refractivity contribution is -0.132. The largest absolute Gasteiger partial charge is 0.481 e. The summed E-state index contributed by atoms with van der Waals surface area (Å²) in [6.07, 6.45) is 3.63. The number of benzene rings is 2. The van der Waals surface area contributed by atoms with Crippen molar-refractivity contribution in [2.45, 2.75) is 25.9 Å². The first kappa shape index (κ1) is 18.4. The van der Waals surface area contributed by atoms with E-state index in [0.29, 0.717) is 12.2 Å². The maximum Gasteiger partial charge on any atom is 0.279 e. The first-order valence-electron chi connectivity index (χ1n) is 8.73. The van der Waals surface area contributed by atoms with Gasteiger partial charge in [0.15, 0.2) is 6.10 Å². The second-order valence-corrected chi connectivity index (χ2v) is 6.33. The zero-order chi connectivity index (χ0) is 19.2. The third-order valence-corrected chi connectivity index (χ3v) is 4.13. The van der Waals surface area contributed by atoms with Crippen molar-refractivity contribution in [2.75, 3.05) is 0 Å². The molecule has 0 bridgehead atoms. The molecule has 2 amide bonds. The number of carbonyl (C=O) groups is 2. The summed E-state index contributed by atoms with van der Waals surface area (Å²) in [4.78, 5) is 24.0. The van der Waals surface area contributed by atoms with Gasteiger partial charge >= 0.3 is 0 Å². The number of hydrazine groups is 1. The molecule has 0 fully saturated rings. The fraction of sp³-hybridized carbons (Fsp3) is 0.250. The van der Waals surface area contributed by atoms with Gasteiger partial charge in [0.2, 0.25) is 5.91 Å². The van der Waals surface area contributed by atoms with Crippen LogP contribution in [0.3, 0.4) is 0 Å². The normalized spacial score (nSPS) is 11.8. The molecule has 1 aromatic heterocycles. The van der Waals surface area contributed by atoms with Crippen molar-refractivity contribution in [2.24, 2.45) is 7.05 Å². The maximum absolute atomic E-state index is 12.1. The lowest BCUT2D eigenvalue weighted by atomic mass is 10.1. The molecule has 27 heavy (non-hydrogen) atoms. The Balaban J connectivity index is 1.45. The molecular weight excluding hydrogens is 344 g/mol. The molecule has 1 atom stereocenters. The number of hydrogen-bond acceptors (Lipinski definition) is 4. The number of rotatable bonds is 6. The molecule has 0 radical (unpaired) electrons.